The summed E-state index contributed by atoms with van der Waals surface area (Å²) >= 11 is 0. The van der Waals surface area contributed by atoms with Crippen molar-refractivity contribution in [1.82, 2.24) is 15.1 Å². The summed E-state index contributed by atoms with van der Waals surface area (Å²) in [7, 11) is 1.92. The molecule has 0 radical (unpaired) electrons. The van der Waals surface area contributed by atoms with Crippen molar-refractivity contribution < 1.29 is 9.31 Å². The lowest BCUT2D eigenvalue weighted by Gasteiger charge is -2.36. The van der Waals surface area contributed by atoms with E-state index in [4.69, 9.17) is 9.31 Å². The first-order chi connectivity index (χ1) is 12.7. The molecule has 1 aromatic carbocycles. The number of hydrogen-bond acceptors (Lipinski definition) is 5. The lowest BCUT2D eigenvalue weighted by Crippen LogP contribution is -2.50. The summed E-state index contributed by atoms with van der Waals surface area (Å²) in [6.07, 6.45) is 0. The van der Waals surface area contributed by atoms with Crippen LogP contribution in [-0.2, 0) is 15.9 Å². The van der Waals surface area contributed by atoms with Crippen LogP contribution in [0.4, 0.5) is 0 Å². The molecule has 3 rings (SSSR count). The van der Waals surface area contributed by atoms with E-state index in [1.165, 1.54) is 31.7 Å². The van der Waals surface area contributed by atoms with E-state index in [0.717, 1.165) is 18.6 Å². The predicted octanol–water partition coefficient (Wildman–Crippen LogP) is 1.71. The Morgan fingerprint density at radius 3 is 2.11 bits per heavy atom. The molecule has 5 nitrogen and oxygen atoms in total. The zero-order chi connectivity index (χ0) is 19.7. The van der Waals surface area contributed by atoms with E-state index < -0.39 is 0 Å². The molecule has 2 aliphatic rings. The Balaban J connectivity index is 1.46. The maximum absolute atomic E-state index is 6.13. The van der Waals surface area contributed by atoms with Gasteiger partial charge in [0.25, 0.3) is 0 Å². The fourth-order valence-corrected chi connectivity index (χ4v) is 3.59. The summed E-state index contributed by atoms with van der Waals surface area (Å²) in [6, 6.07) is 9.18. The van der Waals surface area contributed by atoms with Gasteiger partial charge >= 0.3 is 7.12 Å². The Hall–Kier alpha value is -0.915. The first kappa shape index (κ1) is 20.8. The molecule has 1 aromatic rings. The van der Waals surface area contributed by atoms with Gasteiger partial charge in [-0.25, -0.2) is 0 Å². The Morgan fingerprint density at radius 2 is 1.56 bits per heavy atom. The summed E-state index contributed by atoms with van der Waals surface area (Å²) < 4.78 is 12.3. The van der Waals surface area contributed by atoms with E-state index in [-0.39, 0.29) is 18.3 Å². The first-order valence-electron chi connectivity index (χ1n) is 10.3. The lowest BCUT2D eigenvalue weighted by atomic mass is 9.79. The van der Waals surface area contributed by atoms with E-state index in [9.17, 15) is 0 Å². The predicted molar refractivity (Wildman–Crippen MR) is 112 cm³/mol. The summed E-state index contributed by atoms with van der Waals surface area (Å²) in [5.74, 6) is 0. The number of benzene rings is 1. The minimum absolute atomic E-state index is 0.283. The molecule has 1 unspecified atom stereocenters. The molecule has 1 N–H and O–H groups in total. The Bertz CT molecular complexity index is 596. The van der Waals surface area contributed by atoms with Crippen LogP contribution in [-0.4, -0.2) is 73.9 Å². The van der Waals surface area contributed by atoms with Crippen LogP contribution in [0.2, 0.25) is 0 Å². The lowest BCUT2D eigenvalue weighted by molar-refractivity contribution is 0.00578. The van der Waals surface area contributed by atoms with Crippen LogP contribution in [0, 0.1) is 0 Å². The quantitative estimate of drug-likeness (QED) is 0.769. The van der Waals surface area contributed by atoms with Crippen molar-refractivity contribution in [2.24, 2.45) is 0 Å². The van der Waals surface area contributed by atoms with Gasteiger partial charge in [0.15, 0.2) is 0 Å². The molecule has 0 spiro atoms. The van der Waals surface area contributed by atoms with Crippen molar-refractivity contribution in [2.75, 3.05) is 39.8 Å². The molecule has 1 atom stereocenters. The van der Waals surface area contributed by atoms with Gasteiger partial charge in [0.1, 0.15) is 0 Å². The molecule has 0 bridgehead atoms. The summed E-state index contributed by atoms with van der Waals surface area (Å²) in [5.41, 5.74) is 1.79. The van der Waals surface area contributed by atoms with Crippen molar-refractivity contribution in [3.63, 3.8) is 0 Å². The standard InChI is InChI=1S/C21H36BN3O2/c1-17(25-13-11-24(6)12-14-25)15-23-16-18-7-9-19(10-8-18)22-26-20(2,3)21(4,5)27-22/h7-10,17,23H,11-16H2,1-6H3. The summed E-state index contributed by atoms with van der Waals surface area (Å²) in [5, 5.41) is 3.61. The van der Waals surface area contributed by atoms with E-state index in [1.807, 2.05) is 0 Å². The topological polar surface area (TPSA) is 37.0 Å². The van der Waals surface area contributed by atoms with Crippen LogP contribution in [0.3, 0.4) is 0 Å². The van der Waals surface area contributed by atoms with E-state index >= 15 is 0 Å². The number of piperazine rings is 1. The molecule has 0 aromatic heterocycles. The van der Waals surface area contributed by atoms with Crippen molar-refractivity contribution in [1.29, 1.82) is 0 Å². The molecule has 0 aliphatic carbocycles. The highest BCUT2D eigenvalue weighted by molar-refractivity contribution is 6.62. The average Bonchev–Trinajstić information content (AvgIpc) is 2.83. The van der Waals surface area contributed by atoms with Crippen molar-refractivity contribution >= 4 is 12.6 Å². The normalized spacial score (nSPS) is 24.3. The van der Waals surface area contributed by atoms with Crippen LogP contribution < -0.4 is 10.8 Å². The largest absolute Gasteiger partial charge is 0.494 e. The molecule has 0 saturated carbocycles. The molecule has 2 aliphatic heterocycles. The van der Waals surface area contributed by atoms with Crippen LogP contribution >= 0.6 is 0 Å². The highest BCUT2D eigenvalue weighted by atomic mass is 16.7. The SMILES string of the molecule is CC(CNCc1ccc(B2OC(C)(C)C(C)(C)O2)cc1)N1CCN(C)CC1. The smallest absolute Gasteiger partial charge is 0.399 e. The van der Waals surface area contributed by atoms with E-state index in [2.05, 4.69) is 81.0 Å². The van der Waals surface area contributed by atoms with Gasteiger partial charge in [0.2, 0.25) is 0 Å². The number of likely N-dealkylation sites (N-methyl/N-ethyl adjacent to an activating group) is 1. The van der Waals surface area contributed by atoms with Crippen LogP contribution in [0.1, 0.15) is 40.2 Å². The second kappa shape index (κ2) is 8.22. The minimum Gasteiger partial charge on any atom is -0.399 e. The summed E-state index contributed by atoms with van der Waals surface area (Å²) in [4.78, 5) is 4.98. The van der Waals surface area contributed by atoms with Crippen LogP contribution in [0.5, 0.6) is 0 Å². The van der Waals surface area contributed by atoms with Crippen molar-refractivity contribution in [3.8, 4) is 0 Å². The third kappa shape index (κ3) is 4.93. The number of nitrogens with zero attached hydrogens (tertiary/aromatic N) is 2. The zero-order valence-corrected chi connectivity index (χ0v) is 17.9. The van der Waals surface area contributed by atoms with Gasteiger partial charge in [-0.3, -0.25) is 4.90 Å². The molecule has 0 amide bonds. The zero-order valence-electron chi connectivity index (χ0n) is 17.9. The fraction of sp³-hybridized carbons (Fsp3) is 0.714. The molecule has 2 saturated heterocycles. The van der Waals surface area contributed by atoms with Gasteiger partial charge in [0.05, 0.1) is 11.2 Å². The number of hydrogen-bond donors (Lipinski definition) is 1. The molecule has 150 valence electrons. The number of nitrogens with one attached hydrogen (secondary N) is 1. The van der Waals surface area contributed by atoms with Crippen molar-refractivity contribution in [3.05, 3.63) is 29.8 Å². The van der Waals surface area contributed by atoms with Gasteiger partial charge in [0, 0.05) is 45.3 Å². The maximum Gasteiger partial charge on any atom is 0.494 e. The Labute approximate surface area is 165 Å². The van der Waals surface area contributed by atoms with Crippen LogP contribution in [0.25, 0.3) is 0 Å². The van der Waals surface area contributed by atoms with E-state index in [0.29, 0.717) is 6.04 Å². The second-order valence-electron chi connectivity index (χ2n) is 9.15. The van der Waals surface area contributed by atoms with Crippen molar-refractivity contribution in [2.45, 2.75) is 58.4 Å². The van der Waals surface area contributed by atoms with Gasteiger partial charge in [-0.05, 0) is 52.7 Å². The first-order valence-corrected chi connectivity index (χ1v) is 10.3. The highest BCUT2D eigenvalue weighted by Gasteiger charge is 2.51. The van der Waals surface area contributed by atoms with Gasteiger partial charge in [-0.1, -0.05) is 24.3 Å². The third-order valence-corrected chi connectivity index (χ3v) is 6.44. The maximum atomic E-state index is 6.13. The van der Waals surface area contributed by atoms with Crippen LogP contribution in [0.15, 0.2) is 24.3 Å². The molecule has 27 heavy (non-hydrogen) atoms. The molecule has 2 heterocycles. The molecular formula is C21H36BN3O2. The second-order valence-corrected chi connectivity index (χ2v) is 9.15. The molecule has 6 heteroatoms. The highest BCUT2D eigenvalue weighted by Crippen LogP contribution is 2.36. The van der Waals surface area contributed by atoms with Gasteiger partial charge in [-0.2, -0.15) is 0 Å². The minimum atomic E-state index is -0.294. The Kier molecular flexibility index (Phi) is 6.33. The monoisotopic (exact) mass is 373 g/mol. The summed E-state index contributed by atoms with van der Waals surface area (Å²) in [6.45, 7) is 17.3. The van der Waals surface area contributed by atoms with Gasteiger partial charge < -0.3 is 19.5 Å². The average molecular weight is 373 g/mol. The third-order valence-electron chi connectivity index (χ3n) is 6.44. The molecular weight excluding hydrogens is 337 g/mol. The van der Waals surface area contributed by atoms with E-state index in [1.54, 1.807) is 0 Å². The van der Waals surface area contributed by atoms with Gasteiger partial charge in [-0.15, -0.1) is 0 Å². The molecule has 2 fully saturated rings. The fourth-order valence-electron chi connectivity index (χ4n) is 3.59. The number of rotatable bonds is 6. The Morgan fingerprint density at radius 1 is 1.00 bits per heavy atom.